The van der Waals surface area contributed by atoms with Crippen LogP contribution in [0.15, 0.2) is 12.1 Å². The van der Waals surface area contributed by atoms with E-state index < -0.39 is 11.7 Å². The molecule has 0 aromatic heterocycles. The zero-order chi connectivity index (χ0) is 13.2. The molecule has 17 heavy (non-hydrogen) atoms. The summed E-state index contributed by atoms with van der Waals surface area (Å²) in [4.78, 5) is 11.6. The zero-order valence-corrected chi connectivity index (χ0v) is 13.3. The predicted molar refractivity (Wildman–Crippen MR) is 79.0 cm³/mol. The molecule has 0 saturated heterocycles. The Labute approximate surface area is 124 Å². The highest BCUT2D eigenvalue weighted by Gasteiger charge is 2.17. The van der Waals surface area contributed by atoms with Gasteiger partial charge in [-0.3, -0.25) is 5.32 Å². The lowest BCUT2D eigenvalue weighted by molar-refractivity contribution is 0.0636. The number of carbonyl (C=O) groups excluding carboxylic acids is 1. The first kappa shape index (κ1) is 14.9. The molecule has 0 unspecified atom stereocenters. The second kappa shape index (κ2) is 5.63. The van der Waals surface area contributed by atoms with Crippen molar-refractivity contribution in [3.8, 4) is 0 Å². The number of rotatable bonds is 1. The Hall–Kier alpha value is -0.200. The van der Waals surface area contributed by atoms with Gasteiger partial charge in [-0.1, -0.05) is 23.2 Å². The number of ether oxygens (including phenoxy) is 1. The van der Waals surface area contributed by atoms with Crippen molar-refractivity contribution in [3.63, 3.8) is 0 Å². The van der Waals surface area contributed by atoms with Crippen LogP contribution in [0.25, 0.3) is 0 Å². The molecule has 0 bridgehead atoms. The first-order chi connectivity index (χ1) is 7.69. The van der Waals surface area contributed by atoms with Gasteiger partial charge >= 0.3 is 6.09 Å². The Kier molecular flexibility index (Phi) is 4.92. The highest BCUT2D eigenvalue weighted by molar-refractivity contribution is 14.1. The van der Waals surface area contributed by atoms with Gasteiger partial charge in [0.2, 0.25) is 0 Å². The van der Waals surface area contributed by atoms with Crippen molar-refractivity contribution in [2.75, 3.05) is 5.32 Å². The molecule has 0 fully saturated rings. The van der Waals surface area contributed by atoms with Crippen LogP contribution in [0.5, 0.6) is 0 Å². The maximum absolute atomic E-state index is 11.6. The van der Waals surface area contributed by atoms with Crippen molar-refractivity contribution in [2.45, 2.75) is 26.4 Å². The highest BCUT2D eigenvalue weighted by atomic mass is 127. The SMILES string of the molecule is CC(C)(C)OC(=O)Nc1cc(Cl)c(Cl)cc1I. The van der Waals surface area contributed by atoms with Crippen LogP contribution in [0.4, 0.5) is 10.5 Å². The molecule has 1 amide bonds. The van der Waals surface area contributed by atoms with E-state index in [0.29, 0.717) is 15.7 Å². The highest BCUT2D eigenvalue weighted by Crippen LogP contribution is 2.30. The van der Waals surface area contributed by atoms with E-state index in [1.807, 2.05) is 0 Å². The molecule has 0 saturated carbocycles. The number of halogens is 3. The van der Waals surface area contributed by atoms with Crippen LogP contribution in [0.3, 0.4) is 0 Å². The Morgan fingerprint density at radius 1 is 1.29 bits per heavy atom. The summed E-state index contributed by atoms with van der Waals surface area (Å²) >= 11 is 13.8. The lowest BCUT2D eigenvalue weighted by Gasteiger charge is -2.20. The fraction of sp³-hybridized carbons (Fsp3) is 0.364. The molecular weight excluding hydrogens is 376 g/mol. The van der Waals surface area contributed by atoms with Crippen molar-refractivity contribution < 1.29 is 9.53 Å². The van der Waals surface area contributed by atoms with Crippen LogP contribution in [0, 0.1) is 3.57 Å². The smallest absolute Gasteiger partial charge is 0.412 e. The molecule has 0 spiro atoms. The zero-order valence-electron chi connectivity index (χ0n) is 9.61. The molecule has 1 N–H and O–H groups in total. The Morgan fingerprint density at radius 3 is 2.35 bits per heavy atom. The maximum Gasteiger partial charge on any atom is 0.412 e. The minimum Gasteiger partial charge on any atom is -0.444 e. The monoisotopic (exact) mass is 387 g/mol. The summed E-state index contributed by atoms with van der Waals surface area (Å²) in [6, 6.07) is 3.27. The summed E-state index contributed by atoms with van der Waals surface area (Å²) in [5.74, 6) is 0. The van der Waals surface area contributed by atoms with Crippen molar-refractivity contribution in [1.82, 2.24) is 0 Å². The average Bonchev–Trinajstić information content (AvgIpc) is 2.11. The van der Waals surface area contributed by atoms with E-state index in [1.54, 1.807) is 32.9 Å². The van der Waals surface area contributed by atoms with Crippen molar-refractivity contribution in [3.05, 3.63) is 25.7 Å². The van der Waals surface area contributed by atoms with Crippen molar-refractivity contribution in [2.24, 2.45) is 0 Å². The molecule has 0 aliphatic carbocycles. The molecule has 0 aliphatic heterocycles. The van der Waals surface area contributed by atoms with E-state index >= 15 is 0 Å². The normalized spacial score (nSPS) is 11.2. The summed E-state index contributed by atoms with van der Waals surface area (Å²) < 4.78 is 5.93. The van der Waals surface area contributed by atoms with E-state index in [2.05, 4.69) is 27.9 Å². The van der Waals surface area contributed by atoms with Crippen molar-refractivity contribution in [1.29, 1.82) is 0 Å². The third-order valence-electron chi connectivity index (χ3n) is 1.65. The number of amides is 1. The molecule has 1 aromatic carbocycles. The van der Waals surface area contributed by atoms with E-state index in [0.717, 1.165) is 3.57 Å². The number of hydrogen-bond donors (Lipinski definition) is 1. The predicted octanol–water partition coefficient (Wildman–Crippen LogP) is 4.95. The Balaban J connectivity index is 2.82. The van der Waals surface area contributed by atoms with E-state index in [9.17, 15) is 4.79 Å². The summed E-state index contributed by atoms with van der Waals surface area (Å²) in [6.45, 7) is 5.39. The van der Waals surface area contributed by atoms with Gasteiger partial charge in [0.05, 0.1) is 15.7 Å². The molecule has 1 rings (SSSR count). The van der Waals surface area contributed by atoms with Gasteiger partial charge < -0.3 is 4.74 Å². The lowest BCUT2D eigenvalue weighted by atomic mass is 10.2. The molecule has 94 valence electrons. The molecule has 6 heteroatoms. The van der Waals surface area contributed by atoms with Gasteiger partial charge in [0.15, 0.2) is 0 Å². The fourth-order valence-electron chi connectivity index (χ4n) is 1.03. The van der Waals surface area contributed by atoms with Crippen LogP contribution >= 0.6 is 45.8 Å². The van der Waals surface area contributed by atoms with Gasteiger partial charge in [-0.25, -0.2) is 4.79 Å². The molecule has 0 atom stereocenters. The molecule has 0 heterocycles. The largest absolute Gasteiger partial charge is 0.444 e. The number of nitrogens with one attached hydrogen (secondary N) is 1. The topological polar surface area (TPSA) is 38.3 Å². The van der Waals surface area contributed by atoms with Crippen LogP contribution in [-0.4, -0.2) is 11.7 Å². The molecule has 3 nitrogen and oxygen atoms in total. The first-order valence-electron chi connectivity index (χ1n) is 4.83. The van der Waals surface area contributed by atoms with Gasteiger partial charge in [-0.05, 0) is 55.5 Å². The van der Waals surface area contributed by atoms with E-state index in [1.165, 1.54) is 0 Å². The minimum absolute atomic E-state index is 0.387. The molecule has 0 radical (unpaired) electrons. The average molecular weight is 388 g/mol. The van der Waals surface area contributed by atoms with Gasteiger partial charge in [0.25, 0.3) is 0 Å². The summed E-state index contributed by atoms with van der Waals surface area (Å²) in [5, 5.41) is 3.46. The summed E-state index contributed by atoms with van der Waals surface area (Å²) in [5.41, 5.74) is 0.0420. The minimum atomic E-state index is -0.536. The number of hydrogen-bond acceptors (Lipinski definition) is 2. The lowest BCUT2D eigenvalue weighted by Crippen LogP contribution is -2.27. The standard InChI is InChI=1S/C11H12Cl2INO2/c1-11(2,3)17-10(16)15-9-5-7(13)6(12)4-8(9)14/h4-5H,1-3H3,(H,15,16). The maximum atomic E-state index is 11.6. The summed E-state index contributed by atoms with van der Waals surface area (Å²) in [6.07, 6.45) is -0.520. The number of carbonyl (C=O) groups is 1. The van der Waals surface area contributed by atoms with E-state index in [4.69, 9.17) is 27.9 Å². The van der Waals surface area contributed by atoms with Crippen LogP contribution in [0.1, 0.15) is 20.8 Å². The molecule has 1 aromatic rings. The second-order valence-electron chi connectivity index (χ2n) is 4.37. The number of benzene rings is 1. The molecule has 0 aliphatic rings. The second-order valence-corrected chi connectivity index (χ2v) is 6.35. The van der Waals surface area contributed by atoms with Gasteiger partial charge in [0.1, 0.15) is 5.60 Å². The van der Waals surface area contributed by atoms with Crippen LogP contribution < -0.4 is 5.32 Å². The van der Waals surface area contributed by atoms with Gasteiger partial charge in [-0.2, -0.15) is 0 Å². The third kappa shape index (κ3) is 4.89. The third-order valence-corrected chi connectivity index (χ3v) is 3.26. The molecular formula is C11H12Cl2INO2. The fourth-order valence-corrected chi connectivity index (χ4v) is 2.15. The number of anilines is 1. The van der Waals surface area contributed by atoms with E-state index in [-0.39, 0.29) is 0 Å². The van der Waals surface area contributed by atoms with Gasteiger partial charge in [-0.15, -0.1) is 0 Å². The Bertz CT molecular complexity index is 444. The van der Waals surface area contributed by atoms with Crippen LogP contribution in [-0.2, 0) is 4.74 Å². The van der Waals surface area contributed by atoms with Crippen molar-refractivity contribution >= 4 is 57.6 Å². The van der Waals surface area contributed by atoms with Gasteiger partial charge in [0, 0.05) is 3.57 Å². The van der Waals surface area contributed by atoms with Crippen LogP contribution in [0.2, 0.25) is 10.0 Å². The summed E-state index contributed by atoms with van der Waals surface area (Å²) in [7, 11) is 0. The Morgan fingerprint density at radius 2 is 1.82 bits per heavy atom. The quantitative estimate of drug-likeness (QED) is 0.547. The first-order valence-corrected chi connectivity index (χ1v) is 6.67.